The molecule has 1 aliphatic heterocycles. The van der Waals surface area contributed by atoms with Gasteiger partial charge >= 0.3 is 5.63 Å². The quantitative estimate of drug-likeness (QED) is 0.272. The monoisotopic (exact) mass is 528 g/mol. The van der Waals surface area contributed by atoms with Crippen LogP contribution in [0.1, 0.15) is 43.8 Å². The lowest BCUT2D eigenvalue weighted by Crippen LogP contribution is -2.54. The van der Waals surface area contributed by atoms with Crippen molar-refractivity contribution in [3.8, 4) is 5.75 Å². The van der Waals surface area contributed by atoms with Gasteiger partial charge in [0.1, 0.15) is 23.5 Å². The predicted molar refractivity (Wildman–Crippen MR) is 143 cm³/mol. The number of fused-ring (bicyclic) bond motifs is 1. The van der Waals surface area contributed by atoms with Crippen molar-refractivity contribution in [1.82, 2.24) is 0 Å². The largest absolute Gasteiger partial charge is 0.465 e. The van der Waals surface area contributed by atoms with Gasteiger partial charge in [-0.2, -0.15) is 0 Å². The molecule has 0 aliphatic carbocycles. The summed E-state index contributed by atoms with van der Waals surface area (Å²) >= 11 is 0. The van der Waals surface area contributed by atoms with E-state index in [1.165, 1.54) is 12.1 Å². The van der Waals surface area contributed by atoms with E-state index in [1.807, 2.05) is 0 Å². The Bertz CT molecular complexity index is 1640. The number of hydrogen-bond acceptors (Lipinski definition) is 8. The van der Waals surface area contributed by atoms with Gasteiger partial charge in [0.2, 0.25) is 6.29 Å². The molecule has 1 aliphatic rings. The zero-order chi connectivity index (χ0) is 27.9. The number of carbonyl (C=O) groups is 2. The molecule has 4 atom stereocenters. The molecule has 39 heavy (non-hydrogen) atoms. The summed E-state index contributed by atoms with van der Waals surface area (Å²) < 4.78 is 17.1. The van der Waals surface area contributed by atoms with E-state index in [-0.39, 0.29) is 23.3 Å². The number of rotatable bonds is 7. The lowest BCUT2D eigenvalue weighted by atomic mass is 9.81. The molecule has 1 saturated heterocycles. The topological polar surface area (TPSA) is 123 Å². The van der Waals surface area contributed by atoms with Crippen molar-refractivity contribution < 1.29 is 33.7 Å². The Morgan fingerprint density at radius 3 is 2.23 bits per heavy atom. The molecule has 1 aromatic heterocycles. The first kappa shape index (κ1) is 26.5. The first-order chi connectivity index (χ1) is 18.6. The van der Waals surface area contributed by atoms with E-state index in [9.17, 15) is 24.6 Å². The number of benzene rings is 3. The van der Waals surface area contributed by atoms with E-state index in [4.69, 9.17) is 13.9 Å². The summed E-state index contributed by atoms with van der Waals surface area (Å²) in [6.07, 6.45) is -5.00. The Hall–Kier alpha value is -4.11. The van der Waals surface area contributed by atoms with E-state index in [0.29, 0.717) is 16.7 Å². The van der Waals surface area contributed by atoms with Crippen molar-refractivity contribution in [3.05, 3.63) is 111 Å². The van der Waals surface area contributed by atoms with Crippen LogP contribution in [0.15, 0.2) is 82.0 Å². The van der Waals surface area contributed by atoms with Gasteiger partial charge in [-0.3, -0.25) is 9.59 Å². The number of aliphatic hydroxyl groups excluding tert-OH is 1. The average molecular weight is 529 g/mol. The fourth-order valence-corrected chi connectivity index (χ4v) is 5.06. The fourth-order valence-electron chi connectivity index (χ4n) is 5.06. The van der Waals surface area contributed by atoms with Crippen LogP contribution in [-0.4, -0.2) is 45.9 Å². The standard InChI is InChI=1S/C31H28O8/c1-17-8-4-6-10-22(17)27(33)28(34)30-31(36,29(35)23-11-7-5-9-18(23)2)16-26(39-30)37-20-12-13-21-19(3)14-25(32)38-24(21)15-20/h4-15,26,28,30,34,36H,16H2,1-3H3/t26-,28?,30+,31+/m0/s1. The molecule has 1 unspecified atom stereocenters. The molecule has 0 spiro atoms. The van der Waals surface area contributed by atoms with Gasteiger partial charge in [0.05, 0.1) is 0 Å². The Labute approximate surface area is 224 Å². The van der Waals surface area contributed by atoms with Crippen LogP contribution in [-0.2, 0) is 4.74 Å². The summed E-state index contributed by atoms with van der Waals surface area (Å²) in [5, 5.41) is 23.7. The molecule has 0 bridgehead atoms. The maximum atomic E-state index is 13.7. The van der Waals surface area contributed by atoms with Crippen molar-refractivity contribution in [2.24, 2.45) is 0 Å². The van der Waals surface area contributed by atoms with E-state index in [0.717, 1.165) is 10.9 Å². The zero-order valence-electron chi connectivity index (χ0n) is 21.7. The Balaban J connectivity index is 1.50. The highest BCUT2D eigenvalue weighted by Gasteiger charge is 2.58. The smallest absolute Gasteiger partial charge is 0.336 e. The third kappa shape index (κ3) is 4.90. The van der Waals surface area contributed by atoms with Crippen LogP contribution in [0, 0.1) is 20.8 Å². The van der Waals surface area contributed by atoms with Gasteiger partial charge in [0.25, 0.3) is 0 Å². The van der Waals surface area contributed by atoms with Crippen LogP contribution in [0.2, 0.25) is 0 Å². The number of aliphatic hydroxyl groups is 2. The van der Waals surface area contributed by atoms with Gasteiger partial charge in [-0.1, -0.05) is 48.5 Å². The van der Waals surface area contributed by atoms with Crippen molar-refractivity contribution in [2.75, 3.05) is 0 Å². The van der Waals surface area contributed by atoms with Crippen molar-refractivity contribution in [1.29, 1.82) is 0 Å². The van der Waals surface area contributed by atoms with Crippen LogP contribution in [0.3, 0.4) is 0 Å². The molecular formula is C31H28O8. The summed E-state index contributed by atoms with van der Waals surface area (Å²) in [7, 11) is 0. The summed E-state index contributed by atoms with van der Waals surface area (Å²) in [6.45, 7) is 5.25. The van der Waals surface area contributed by atoms with Crippen LogP contribution in [0.4, 0.5) is 0 Å². The van der Waals surface area contributed by atoms with Crippen molar-refractivity contribution in [3.63, 3.8) is 0 Å². The van der Waals surface area contributed by atoms with E-state index < -0.39 is 41.3 Å². The number of hydrogen-bond donors (Lipinski definition) is 2. The lowest BCUT2D eigenvalue weighted by Gasteiger charge is -2.30. The first-order valence-electron chi connectivity index (χ1n) is 12.6. The van der Waals surface area contributed by atoms with Crippen LogP contribution < -0.4 is 10.4 Å². The Kier molecular flexibility index (Phi) is 6.94. The number of carbonyl (C=O) groups excluding carboxylic acids is 2. The predicted octanol–water partition coefficient (Wildman–Crippen LogP) is 4.07. The summed E-state index contributed by atoms with van der Waals surface area (Å²) in [5.41, 5.74) is 0.0118. The molecule has 0 radical (unpaired) electrons. The van der Waals surface area contributed by atoms with Gasteiger partial charge in [0, 0.05) is 35.1 Å². The minimum Gasteiger partial charge on any atom is -0.465 e. The normalized spacial score (nSPS) is 21.6. The number of ether oxygens (including phenoxy) is 2. The number of Topliss-reactive ketones (excluding diaryl/α,β-unsaturated/α-hetero) is 2. The molecule has 2 heterocycles. The lowest BCUT2D eigenvalue weighted by molar-refractivity contribution is -0.118. The highest BCUT2D eigenvalue weighted by molar-refractivity contribution is 6.06. The molecule has 0 saturated carbocycles. The number of aryl methyl sites for hydroxylation is 3. The first-order valence-corrected chi connectivity index (χ1v) is 12.6. The third-order valence-corrected chi connectivity index (χ3v) is 7.19. The van der Waals surface area contributed by atoms with Gasteiger partial charge in [0.15, 0.2) is 17.2 Å². The Morgan fingerprint density at radius 2 is 1.56 bits per heavy atom. The molecule has 4 aromatic rings. The maximum absolute atomic E-state index is 13.7. The van der Waals surface area contributed by atoms with Gasteiger partial charge < -0.3 is 24.1 Å². The van der Waals surface area contributed by atoms with Gasteiger partial charge in [-0.05, 0) is 49.6 Å². The SMILES string of the molecule is Cc1ccccc1C(=O)C(O)[C@H]1O[C@H](Oc2ccc3c(C)cc(=O)oc3c2)C[C@@]1(O)C(=O)c1ccccc1C. The van der Waals surface area contributed by atoms with Gasteiger partial charge in [-0.15, -0.1) is 0 Å². The van der Waals surface area contributed by atoms with E-state index in [1.54, 1.807) is 81.4 Å². The van der Waals surface area contributed by atoms with Crippen LogP contribution >= 0.6 is 0 Å². The van der Waals surface area contributed by atoms with Crippen LogP contribution in [0.25, 0.3) is 11.0 Å². The minimum atomic E-state index is -2.27. The van der Waals surface area contributed by atoms with E-state index in [2.05, 4.69) is 0 Å². The molecule has 5 rings (SSSR count). The molecule has 2 N–H and O–H groups in total. The molecule has 0 amide bonds. The van der Waals surface area contributed by atoms with E-state index >= 15 is 0 Å². The molecule has 200 valence electrons. The summed E-state index contributed by atoms with van der Waals surface area (Å²) in [4.78, 5) is 38.9. The number of ketones is 2. The highest BCUT2D eigenvalue weighted by Crippen LogP contribution is 2.38. The molecule has 8 heteroatoms. The fraction of sp³-hybridized carbons (Fsp3) is 0.258. The molecule has 8 nitrogen and oxygen atoms in total. The average Bonchev–Trinajstić information content (AvgIpc) is 3.24. The molecule has 1 fully saturated rings. The highest BCUT2D eigenvalue weighted by atomic mass is 16.7. The Morgan fingerprint density at radius 1 is 0.923 bits per heavy atom. The summed E-state index contributed by atoms with van der Waals surface area (Å²) in [6, 6.07) is 19.7. The summed E-state index contributed by atoms with van der Waals surface area (Å²) in [5.74, 6) is -1.11. The second kappa shape index (κ2) is 10.2. The second-order valence-electron chi connectivity index (χ2n) is 9.91. The molecular weight excluding hydrogens is 500 g/mol. The van der Waals surface area contributed by atoms with Crippen molar-refractivity contribution in [2.45, 2.75) is 51.3 Å². The molecule has 3 aromatic carbocycles. The third-order valence-electron chi connectivity index (χ3n) is 7.19. The van der Waals surface area contributed by atoms with Gasteiger partial charge in [-0.25, -0.2) is 4.79 Å². The maximum Gasteiger partial charge on any atom is 0.336 e. The zero-order valence-corrected chi connectivity index (χ0v) is 21.7. The second-order valence-corrected chi connectivity index (χ2v) is 9.91. The van der Waals surface area contributed by atoms with Crippen LogP contribution in [0.5, 0.6) is 5.75 Å². The minimum absolute atomic E-state index is 0.243. The van der Waals surface area contributed by atoms with Crippen molar-refractivity contribution >= 4 is 22.5 Å².